The van der Waals surface area contributed by atoms with Gasteiger partial charge in [-0.3, -0.25) is 9.59 Å². The van der Waals surface area contributed by atoms with Crippen LogP contribution in [0.25, 0.3) is 0 Å². The van der Waals surface area contributed by atoms with Crippen molar-refractivity contribution in [3.63, 3.8) is 0 Å². The van der Waals surface area contributed by atoms with Crippen LogP contribution in [0, 0.1) is 10.8 Å². The topological polar surface area (TPSA) is 72.8 Å². The van der Waals surface area contributed by atoms with Gasteiger partial charge in [-0.15, -0.1) is 0 Å². The molecule has 0 amide bonds. The molecule has 0 radical (unpaired) electrons. The SMILES string of the molecule is CCC(C)(C)C(=O)OCCC(F)(F)C(F)(F)C(F)(F)C(F)(F)C(F)(F)C(F)(F)F.CCC(O)COC(=O)C(C)(C)CC. The number of aliphatic hydroxyl groups excluding tert-OH is 1. The maximum absolute atomic E-state index is 13.5. The van der Waals surface area contributed by atoms with Crippen LogP contribution in [0.15, 0.2) is 0 Å². The number of hydrogen-bond acceptors (Lipinski definition) is 5. The van der Waals surface area contributed by atoms with E-state index in [9.17, 15) is 66.7 Å². The fraction of sp³-hybridized carbons (Fsp3) is 0.917. The Kier molecular flexibility index (Phi) is 14.2. The third-order valence-electron chi connectivity index (χ3n) is 6.40. The monoisotopic (exact) mass is 650 g/mol. The highest BCUT2D eigenvalue weighted by Gasteiger charge is 2.90. The van der Waals surface area contributed by atoms with E-state index in [1.165, 1.54) is 20.8 Å². The number of carbonyl (C=O) groups is 2. The lowest BCUT2D eigenvalue weighted by molar-refractivity contribution is -0.440. The minimum Gasteiger partial charge on any atom is -0.465 e. The van der Waals surface area contributed by atoms with Crippen molar-refractivity contribution >= 4 is 11.9 Å². The quantitative estimate of drug-likeness (QED) is 0.153. The molecule has 0 saturated carbocycles. The summed E-state index contributed by atoms with van der Waals surface area (Å²) in [5.74, 6) is -38.7. The summed E-state index contributed by atoms with van der Waals surface area (Å²) in [5, 5.41) is 9.17. The summed E-state index contributed by atoms with van der Waals surface area (Å²) >= 11 is 0. The number of esters is 2. The van der Waals surface area contributed by atoms with E-state index in [0.717, 1.165) is 6.42 Å². The molecule has 0 heterocycles. The standard InChI is InChI=1S/C14H15F13O2.C10H20O3/c1-4-8(2,3)7(28)29-6-5-9(15,16)10(17,18)11(19,20)12(21,22)13(23,24)14(25,26)27;1-5-8(11)7-13-9(12)10(3,4)6-2/h4-6H2,1-3H3;8,11H,5-7H2,1-4H3. The first-order valence-electron chi connectivity index (χ1n) is 12.4. The van der Waals surface area contributed by atoms with Gasteiger partial charge in [-0.05, 0) is 47.0 Å². The van der Waals surface area contributed by atoms with E-state index < -0.39 is 71.7 Å². The summed E-state index contributed by atoms with van der Waals surface area (Å²) in [6.07, 6.45) is -9.14. The molecule has 0 aromatic rings. The summed E-state index contributed by atoms with van der Waals surface area (Å²) in [7, 11) is 0. The first-order chi connectivity index (χ1) is 18.4. The number of aliphatic hydroxyl groups is 1. The van der Waals surface area contributed by atoms with Crippen molar-refractivity contribution in [1.82, 2.24) is 0 Å². The molecule has 0 rings (SSSR count). The second kappa shape index (κ2) is 14.2. The largest absolute Gasteiger partial charge is 0.465 e. The van der Waals surface area contributed by atoms with Crippen LogP contribution in [0.3, 0.4) is 0 Å². The van der Waals surface area contributed by atoms with Crippen molar-refractivity contribution in [2.45, 2.75) is 116 Å². The van der Waals surface area contributed by atoms with Crippen LogP contribution < -0.4 is 0 Å². The second-order valence-electron chi connectivity index (χ2n) is 10.5. The molecule has 0 saturated heterocycles. The molecule has 1 atom stereocenters. The maximum atomic E-state index is 13.5. The van der Waals surface area contributed by atoms with Crippen molar-refractivity contribution in [1.29, 1.82) is 0 Å². The molecule has 0 aromatic heterocycles. The molecule has 1 N–H and O–H groups in total. The molecule has 0 aliphatic carbocycles. The number of hydrogen-bond donors (Lipinski definition) is 1. The predicted octanol–water partition coefficient (Wildman–Crippen LogP) is 7.83. The zero-order valence-corrected chi connectivity index (χ0v) is 23.8. The summed E-state index contributed by atoms with van der Waals surface area (Å²) in [4.78, 5) is 22.9. The first kappa shape index (κ1) is 42.1. The van der Waals surface area contributed by atoms with Crippen molar-refractivity contribution < 1.29 is 81.2 Å². The smallest absolute Gasteiger partial charge is 0.460 e. The highest BCUT2D eigenvalue weighted by atomic mass is 19.4. The van der Waals surface area contributed by atoms with Crippen molar-refractivity contribution in [2.24, 2.45) is 10.8 Å². The van der Waals surface area contributed by atoms with Gasteiger partial charge in [-0.2, -0.15) is 57.1 Å². The van der Waals surface area contributed by atoms with Gasteiger partial charge in [0.1, 0.15) is 6.61 Å². The number of halogens is 13. The Morgan fingerprint density at radius 1 is 0.619 bits per heavy atom. The Bertz CT molecular complexity index is 884. The van der Waals surface area contributed by atoms with Crippen molar-refractivity contribution in [3.05, 3.63) is 0 Å². The molecule has 252 valence electrons. The third-order valence-corrected chi connectivity index (χ3v) is 6.40. The fourth-order valence-electron chi connectivity index (χ4n) is 2.20. The number of alkyl halides is 13. The third kappa shape index (κ3) is 9.24. The molecule has 5 nitrogen and oxygen atoms in total. The Morgan fingerprint density at radius 2 is 0.976 bits per heavy atom. The molecule has 0 bridgehead atoms. The minimum absolute atomic E-state index is 0.0508. The molecule has 1 unspecified atom stereocenters. The van der Waals surface area contributed by atoms with Crippen LogP contribution in [0.2, 0.25) is 0 Å². The van der Waals surface area contributed by atoms with Crippen molar-refractivity contribution in [3.8, 4) is 0 Å². The lowest BCUT2D eigenvalue weighted by atomic mass is 9.90. The molecule has 0 spiro atoms. The normalized spacial score (nSPS) is 15.0. The summed E-state index contributed by atoms with van der Waals surface area (Å²) in [6, 6.07) is 0. The summed E-state index contributed by atoms with van der Waals surface area (Å²) in [6.45, 7) is 9.71. The summed E-state index contributed by atoms with van der Waals surface area (Å²) < 4.78 is 176. The van der Waals surface area contributed by atoms with E-state index in [2.05, 4.69) is 4.74 Å². The van der Waals surface area contributed by atoms with Crippen LogP contribution in [-0.4, -0.2) is 72.2 Å². The molecule has 0 aliphatic rings. The molecule has 18 heteroatoms. The highest BCUT2D eigenvalue weighted by Crippen LogP contribution is 2.60. The average molecular weight is 651 g/mol. The van der Waals surface area contributed by atoms with Crippen LogP contribution in [0.4, 0.5) is 57.1 Å². The Balaban J connectivity index is 0. The lowest BCUT2D eigenvalue weighted by Gasteiger charge is -2.39. The molecule has 0 fully saturated rings. The Hall–Kier alpha value is -2.01. The molecular weight excluding hydrogens is 615 g/mol. The van der Waals surface area contributed by atoms with Gasteiger partial charge in [0.25, 0.3) is 0 Å². The van der Waals surface area contributed by atoms with E-state index in [-0.39, 0.29) is 19.0 Å². The van der Waals surface area contributed by atoms with E-state index in [4.69, 9.17) is 9.84 Å². The number of ether oxygens (including phenoxy) is 2. The van der Waals surface area contributed by atoms with E-state index in [1.807, 2.05) is 27.7 Å². The van der Waals surface area contributed by atoms with Crippen LogP contribution in [-0.2, 0) is 19.1 Å². The molecule has 0 aliphatic heterocycles. The average Bonchev–Trinajstić information content (AvgIpc) is 2.85. The summed E-state index contributed by atoms with van der Waals surface area (Å²) in [5.41, 5.74) is -1.77. The number of rotatable bonds is 14. The molecule has 42 heavy (non-hydrogen) atoms. The zero-order chi connectivity index (χ0) is 34.4. The zero-order valence-electron chi connectivity index (χ0n) is 23.8. The molecule has 0 aromatic carbocycles. The van der Waals surface area contributed by atoms with Gasteiger partial charge < -0.3 is 14.6 Å². The van der Waals surface area contributed by atoms with Gasteiger partial charge in [0.2, 0.25) is 0 Å². The van der Waals surface area contributed by atoms with E-state index in [0.29, 0.717) is 6.42 Å². The van der Waals surface area contributed by atoms with Gasteiger partial charge in [0, 0.05) is 0 Å². The van der Waals surface area contributed by atoms with Gasteiger partial charge >= 0.3 is 47.7 Å². The van der Waals surface area contributed by atoms with Crippen LogP contribution in [0.1, 0.15) is 74.1 Å². The van der Waals surface area contributed by atoms with Gasteiger partial charge in [-0.25, -0.2) is 0 Å². The first-order valence-corrected chi connectivity index (χ1v) is 12.4. The minimum atomic E-state index is -7.94. The predicted molar refractivity (Wildman–Crippen MR) is 122 cm³/mol. The maximum Gasteiger partial charge on any atom is 0.460 e. The highest BCUT2D eigenvalue weighted by molar-refractivity contribution is 5.76. The fourth-order valence-corrected chi connectivity index (χ4v) is 2.20. The van der Waals surface area contributed by atoms with E-state index >= 15 is 0 Å². The Morgan fingerprint density at radius 3 is 1.31 bits per heavy atom. The van der Waals surface area contributed by atoms with Gasteiger partial charge in [-0.1, -0.05) is 20.8 Å². The molecular formula is C24H35F13O5. The van der Waals surface area contributed by atoms with Crippen LogP contribution in [0.5, 0.6) is 0 Å². The lowest BCUT2D eigenvalue weighted by Crippen LogP contribution is -2.70. The van der Waals surface area contributed by atoms with Gasteiger partial charge in [0.05, 0.1) is 30.0 Å². The van der Waals surface area contributed by atoms with Crippen molar-refractivity contribution in [2.75, 3.05) is 13.2 Å². The second-order valence-corrected chi connectivity index (χ2v) is 10.5. The Labute approximate surface area is 234 Å². The number of carbonyl (C=O) groups excluding carboxylic acids is 2. The van der Waals surface area contributed by atoms with Gasteiger partial charge in [0.15, 0.2) is 0 Å². The van der Waals surface area contributed by atoms with Crippen LogP contribution >= 0.6 is 0 Å². The van der Waals surface area contributed by atoms with E-state index in [1.54, 1.807) is 0 Å².